The van der Waals surface area contributed by atoms with Crippen LogP contribution in [0.5, 0.6) is 0 Å². The number of carbonyl (C=O) groups excluding carboxylic acids is 2. The number of amides is 1. The molecule has 24 heavy (non-hydrogen) atoms. The van der Waals surface area contributed by atoms with Gasteiger partial charge in [-0.1, -0.05) is 17.7 Å². The van der Waals surface area contributed by atoms with Gasteiger partial charge in [-0.25, -0.2) is 9.37 Å². The molecule has 0 spiro atoms. The van der Waals surface area contributed by atoms with Crippen LogP contribution in [0.15, 0.2) is 29.8 Å². The first-order valence-corrected chi connectivity index (χ1v) is 8.59. The normalized spacial score (nSPS) is 16.9. The second-order valence-electron chi connectivity index (χ2n) is 5.37. The zero-order valence-corrected chi connectivity index (χ0v) is 14.1. The number of carbonyl (C=O) groups is 2. The van der Waals surface area contributed by atoms with Crippen LogP contribution in [-0.2, 0) is 27.4 Å². The second kappa shape index (κ2) is 7.27. The summed E-state index contributed by atoms with van der Waals surface area (Å²) in [5.74, 6) is -1.11. The molecular weight excluding hydrogens is 355 g/mol. The number of thiazole rings is 1. The van der Waals surface area contributed by atoms with Crippen molar-refractivity contribution in [1.82, 2.24) is 9.88 Å². The van der Waals surface area contributed by atoms with Crippen molar-refractivity contribution >= 4 is 34.8 Å². The molecule has 5 nitrogen and oxygen atoms in total. The monoisotopic (exact) mass is 368 g/mol. The molecule has 1 unspecified atom stereocenters. The smallest absolute Gasteiger partial charge is 0.306 e. The Hall–Kier alpha value is -1.99. The van der Waals surface area contributed by atoms with Gasteiger partial charge in [-0.3, -0.25) is 9.59 Å². The number of nitrogens with zero attached hydrogens (tertiary/aromatic N) is 2. The molecule has 0 bridgehead atoms. The van der Waals surface area contributed by atoms with Crippen molar-refractivity contribution < 1.29 is 18.7 Å². The maximum Gasteiger partial charge on any atom is 0.306 e. The quantitative estimate of drug-likeness (QED) is 0.760. The molecule has 1 aromatic carbocycles. The van der Waals surface area contributed by atoms with E-state index in [0.29, 0.717) is 12.0 Å². The Kier molecular flexibility index (Phi) is 5.11. The third-order valence-corrected chi connectivity index (χ3v) is 4.77. The second-order valence-corrected chi connectivity index (χ2v) is 6.76. The van der Waals surface area contributed by atoms with Gasteiger partial charge in [0.1, 0.15) is 10.8 Å². The van der Waals surface area contributed by atoms with E-state index in [4.69, 9.17) is 16.3 Å². The molecule has 3 rings (SSSR count). The van der Waals surface area contributed by atoms with Crippen LogP contribution in [0.25, 0.3) is 0 Å². The van der Waals surface area contributed by atoms with Crippen LogP contribution in [0, 0.1) is 5.82 Å². The topological polar surface area (TPSA) is 59.5 Å². The number of cyclic esters (lactones) is 1. The number of aromatic nitrogens is 1. The van der Waals surface area contributed by atoms with Crippen molar-refractivity contribution in [1.29, 1.82) is 0 Å². The first-order valence-electron chi connectivity index (χ1n) is 7.33. The van der Waals surface area contributed by atoms with E-state index in [2.05, 4.69) is 4.98 Å². The van der Waals surface area contributed by atoms with Crippen molar-refractivity contribution in [3.8, 4) is 0 Å². The molecule has 1 amide bonds. The molecule has 0 N–H and O–H groups in total. The Balaban J connectivity index is 1.81. The number of esters is 1. The van der Waals surface area contributed by atoms with E-state index < -0.39 is 11.9 Å². The molecule has 1 atom stereocenters. The Morgan fingerprint density at radius 1 is 1.46 bits per heavy atom. The predicted octanol–water partition coefficient (Wildman–Crippen LogP) is 3.17. The first kappa shape index (κ1) is 16.9. The van der Waals surface area contributed by atoms with Crippen LogP contribution in [0.2, 0.25) is 5.02 Å². The van der Waals surface area contributed by atoms with E-state index >= 15 is 0 Å². The molecule has 1 aliphatic rings. The minimum Gasteiger partial charge on any atom is -0.452 e. The fourth-order valence-corrected chi connectivity index (χ4v) is 3.32. The van der Waals surface area contributed by atoms with Gasteiger partial charge in [0, 0.05) is 36.0 Å². The summed E-state index contributed by atoms with van der Waals surface area (Å²) in [5.41, 5.74) is 0.618. The zero-order valence-electron chi connectivity index (χ0n) is 12.6. The summed E-state index contributed by atoms with van der Waals surface area (Å²) in [6.45, 7) is 0.462. The average Bonchev–Trinajstić information content (AvgIpc) is 3.20. The van der Waals surface area contributed by atoms with Crippen molar-refractivity contribution in [2.75, 3.05) is 0 Å². The highest BCUT2D eigenvalue weighted by Crippen LogP contribution is 2.23. The molecule has 0 aliphatic carbocycles. The third-order valence-electron chi connectivity index (χ3n) is 3.66. The van der Waals surface area contributed by atoms with Crippen molar-refractivity contribution in [3.63, 3.8) is 0 Å². The lowest BCUT2D eigenvalue weighted by molar-refractivity contribution is -0.153. The summed E-state index contributed by atoms with van der Waals surface area (Å²) < 4.78 is 18.3. The molecule has 8 heteroatoms. The molecule has 1 saturated heterocycles. The van der Waals surface area contributed by atoms with Gasteiger partial charge >= 0.3 is 5.97 Å². The van der Waals surface area contributed by atoms with E-state index in [1.165, 1.54) is 28.4 Å². The number of hydrogen-bond acceptors (Lipinski definition) is 5. The van der Waals surface area contributed by atoms with Crippen LogP contribution < -0.4 is 0 Å². The lowest BCUT2D eigenvalue weighted by atomic mass is 10.1. The fourth-order valence-electron chi connectivity index (χ4n) is 2.46. The predicted molar refractivity (Wildman–Crippen MR) is 86.9 cm³/mol. The molecule has 2 aromatic rings. The summed E-state index contributed by atoms with van der Waals surface area (Å²) in [6, 6.07) is 4.04. The summed E-state index contributed by atoms with van der Waals surface area (Å²) in [6.07, 6.45) is 1.47. The fraction of sp³-hybridized carbons (Fsp3) is 0.312. The Morgan fingerprint density at radius 3 is 2.92 bits per heavy atom. The minimum atomic E-state index is -0.781. The molecule has 0 radical (unpaired) electrons. The molecule has 2 heterocycles. The van der Waals surface area contributed by atoms with Gasteiger partial charge in [0.15, 0.2) is 6.10 Å². The average molecular weight is 369 g/mol. The molecule has 126 valence electrons. The largest absolute Gasteiger partial charge is 0.452 e. The summed E-state index contributed by atoms with van der Waals surface area (Å²) in [5, 5.41) is 2.82. The van der Waals surface area contributed by atoms with Gasteiger partial charge in [0.2, 0.25) is 0 Å². The minimum absolute atomic E-state index is 0.186. The lowest BCUT2D eigenvalue weighted by Crippen LogP contribution is -2.38. The Labute approximate surface area is 147 Å². The van der Waals surface area contributed by atoms with E-state index in [-0.39, 0.29) is 36.4 Å². The molecule has 1 aliphatic heterocycles. The standard InChI is InChI=1S/C16H14ClFN2O3S/c17-12-7-11(18)2-1-10(12)8-20(9-14-19-5-6-24-14)16(22)13-3-4-15(21)23-13/h1-2,5-7,13H,3-4,8-9H2. The molecular formula is C16H14ClFN2O3S. The van der Waals surface area contributed by atoms with Crippen LogP contribution >= 0.6 is 22.9 Å². The van der Waals surface area contributed by atoms with Crippen LogP contribution in [0.1, 0.15) is 23.4 Å². The van der Waals surface area contributed by atoms with Gasteiger partial charge in [0.05, 0.1) is 6.54 Å². The zero-order chi connectivity index (χ0) is 17.1. The number of rotatable bonds is 5. The van der Waals surface area contributed by atoms with Crippen LogP contribution in [0.4, 0.5) is 4.39 Å². The maximum atomic E-state index is 13.2. The molecule has 0 saturated carbocycles. The maximum absolute atomic E-state index is 13.2. The van der Waals surface area contributed by atoms with E-state index in [1.54, 1.807) is 12.3 Å². The molecule has 1 fully saturated rings. The Bertz CT molecular complexity index is 754. The van der Waals surface area contributed by atoms with Gasteiger partial charge < -0.3 is 9.64 Å². The van der Waals surface area contributed by atoms with Gasteiger partial charge in [-0.05, 0) is 17.7 Å². The number of benzene rings is 1. The number of halogens is 2. The van der Waals surface area contributed by atoms with Crippen molar-refractivity contribution in [2.45, 2.75) is 32.0 Å². The van der Waals surface area contributed by atoms with Crippen molar-refractivity contribution in [2.24, 2.45) is 0 Å². The highest BCUT2D eigenvalue weighted by molar-refractivity contribution is 7.09. The van der Waals surface area contributed by atoms with Crippen molar-refractivity contribution in [3.05, 3.63) is 51.2 Å². The Morgan fingerprint density at radius 2 is 2.29 bits per heavy atom. The molecule has 1 aromatic heterocycles. The first-order chi connectivity index (χ1) is 11.5. The third kappa shape index (κ3) is 3.91. The van der Waals surface area contributed by atoms with Crippen LogP contribution in [-0.4, -0.2) is 27.9 Å². The number of hydrogen-bond donors (Lipinski definition) is 0. The van der Waals surface area contributed by atoms with Gasteiger partial charge in [-0.15, -0.1) is 11.3 Å². The lowest BCUT2D eigenvalue weighted by Gasteiger charge is -2.24. The summed E-state index contributed by atoms with van der Waals surface area (Å²) in [4.78, 5) is 29.7. The SMILES string of the molecule is O=C1CCC(C(=O)N(Cc2nccs2)Cc2ccc(F)cc2Cl)O1. The van der Waals surface area contributed by atoms with E-state index in [9.17, 15) is 14.0 Å². The van der Waals surface area contributed by atoms with E-state index in [1.807, 2.05) is 5.38 Å². The summed E-state index contributed by atoms with van der Waals surface area (Å²) in [7, 11) is 0. The highest BCUT2D eigenvalue weighted by Gasteiger charge is 2.33. The summed E-state index contributed by atoms with van der Waals surface area (Å²) >= 11 is 7.49. The highest BCUT2D eigenvalue weighted by atomic mass is 35.5. The number of ether oxygens (including phenoxy) is 1. The van der Waals surface area contributed by atoms with Gasteiger partial charge in [-0.2, -0.15) is 0 Å². The van der Waals surface area contributed by atoms with E-state index in [0.717, 1.165) is 5.01 Å². The van der Waals surface area contributed by atoms with Crippen LogP contribution in [0.3, 0.4) is 0 Å². The van der Waals surface area contributed by atoms with Gasteiger partial charge in [0.25, 0.3) is 5.91 Å².